The number of carboxylic acid groups (broad SMARTS) is 1. The molecule has 15 nitrogen and oxygen atoms in total. The molecule has 69 heavy (non-hydrogen) atoms. The van der Waals surface area contributed by atoms with Crippen molar-refractivity contribution in [3.63, 3.8) is 0 Å². The first-order valence-electron chi connectivity index (χ1n) is 23.8. The molecule has 0 saturated heterocycles. The zero-order chi connectivity index (χ0) is 48.0. The molecule has 4 bridgehead atoms. The normalized spacial score (nSPS) is 23.8. The summed E-state index contributed by atoms with van der Waals surface area (Å²) in [5.41, 5.74) is 5.39. The number of nitrogens with one attached hydrogen (secondary N) is 2. The second-order valence-corrected chi connectivity index (χ2v) is 23.2. The highest BCUT2D eigenvalue weighted by Gasteiger charge is 2.66. The van der Waals surface area contributed by atoms with Crippen molar-refractivity contribution >= 4 is 54.5 Å². The minimum atomic E-state index is -3.70. The average molecular weight is 974 g/mol. The summed E-state index contributed by atoms with van der Waals surface area (Å²) in [5, 5.41) is 22.2. The lowest BCUT2D eigenvalue weighted by Crippen LogP contribution is -2.64. The van der Waals surface area contributed by atoms with Gasteiger partial charge in [0.05, 0.1) is 47.6 Å². The Morgan fingerprint density at radius 1 is 0.841 bits per heavy atom. The molecule has 3 N–H and O–H groups in total. The smallest absolute Gasteiger partial charge is 0.355 e. The van der Waals surface area contributed by atoms with E-state index in [1.54, 1.807) is 36.5 Å². The molecule has 2 unspecified atom stereocenters. The lowest BCUT2D eigenvalue weighted by molar-refractivity contribution is -0.250. The van der Waals surface area contributed by atoms with Crippen molar-refractivity contribution in [1.82, 2.24) is 25.1 Å². The Labute approximate surface area is 406 Å². The maximum absolute atomic E-state index is 13.7. The van der Waals surface area contributed by atoms with E-state index >= 15 is 0 Å². The van der Waals surface area contributed by atoms with Crippen LogP contribution >= 0.6 is 11.3 Å². The van der Waals surface area contributed by atoms with Crippen LogP contribution < -0.4 is 19.7 Å². The molecule has 1 amide bonds. The predicted molar refractivity (Wildman–Crippen MR) is 266 cm³/mol. The fourth-order valence-corrected chi connectivity index (χ4v) is 14.7. The zero-order valence-electron chi connectivity index (χ0n) is 39.3. The highest BCUT2D eigenvalue weighted by atomic mass is 32.2. The molecule has 1 aliphatic heterocycles. The summed E-state index contributed by atoms with van der Waals surface area (Å²) in [7, 11) is -3.70. The number of fused-ring (bicyclic) bond motifs is 2. The van der Waals surface area contributed by atoms with Gasteiger partial charge in [-0.05, 0) is 122 Å². The number of aromatic carboxylic acids is 1. The Hall–Kier alpha value is -5.72. The number of anilines is 2. The zero-order valence-corrected chi connectivity index (χ0v) is 41.0. The molecule has 362 valence electrons. The van der Waals surface area contributed by atoms with Crippen LogP contribution in [0.1, 0.15) is 90.0 Å². The topological polar surface area (TPSA) is 187 Å². The van der Waals surface area contributed by atoms with Gasteiger partial charge in [0.15, 0.2) is 10.8 Å². The molecule has 6 aromatic rings. The molecule has 17 heteroatoms. The number of hydrogen-bond acceptors (Lipinski definition) is 13. The Balaban J connectivity index is 0.777. The second-order valence-electron chi connectivity index (χ2n) is 20.5. The quantitative estimate of drug-likeness (QED) is 0.0518. The van der Waals surface area contributed by atoms with Crippen molar-refractivity contribution in [3.05, 3.63) is 119 Å². The first-order chi connectivity index (χ1) is 33.1. The molecule has 4 saturated carbocycles. The van der Waals surface area contributed by atoms with Crippen LogP contribution in [0.4, 0.5) is 10.9 Å². The Morgan fingerprint density at radius 2 is 1.62 bits per heavy atom. The Morgan fingerprint density at radius 3 is 2.41 bits per heavy atom. The molecular formula is C52H59N7O8S2. The number of para-hydroxylation sites is 2. The van der Waals surface area contributed by atoms with Crippen molar-refractivity contribution in [3.8, 4) is 16.9 Å². The van der Waals surface area contributed by atoms with Crippen LogP contribution in [0, 0.1) is 23.2 Å². The maximum Gasteiger partial charge on any atom is 0.355 e. The van der Waals surface area contributed by atoms with E-state index in [0.717, 1.165) is 71.1 Å². The largest absolute Gasteiger partial charge is 0.476 e. The minimum absolute atomic E-state index is 0.0376. The third-order valence-corrected chi connectivity index (χ3v) is 16.6. The van der Waals surface area contributed by atoms with Crippen molar-refractivity contribution in [2.45, 2.75) is 84.4 Å². The standard InChI is InChI=1S/C52H59N7O8S2/c1-35-40(38-16-17-44(56-45(38)47(61)62)58-21-18-36-10-9-13-39(41(36)27-58)46(60)57-48-55-42-14-7-8-15-43(42)68-48)26-54-59(35)34-51-29-49(2)28-50(3,30-51)32-52(31-49,33-51)66-24-23-65-22-19-53-20-25-69(63,64)67-37-11-5-4-6-12-37/h4-17,26,53H,18-25,27-34H2,1-3H3,(H,61,62)(H,55,57,60). The minimum Gasteiger partial charge on any atom is -0.476 e. The second kappa shape index (κ2) is 18.6. The van der Waals surface area contributed by atoms with Crippen LogP contribution in [0.25, 0.3) is 21.3 Å². The summed E-state index contributed by atoms with van der Waals surface area (Å²) in [6.45, 7) is 10.7. The van der Waals surface area contributed by atoms with Crippen molar-refractivity contribution in [1.29, 1.82) is 0 Å². The van der Waals surface area contributed by atoms with Crippen molar-refractivity contribution in [2.24, 2.45) is 16.2 Å². The number of thiazole rings is 1. The molecule has 4 aliphatic carbocycles. The van der Waals surface area contributed by atoms with E-state index in [-0.39, 0.29) is 45.7 Å². The van der Waals surface area contributed by atoms with Crippen molar-refractivity contribution < 1.29 is 36.8 Å². The predicted octanol–water partition coefficient (Wildman–Crippen LogP) is 8.53. The number of carbonyl (C=O) groups excluding carboxylic acids is 1. The number of aromatic nitrogens is 4. The molecule has 3 aromatic heterocycles. The number of carboxylic acids is 1. The Bertz CT molecular complexity index is 2960. The van der Waals surface area contributed by atoms with E-state index < -0.39 is 16.1 Å². The van der Waals surface area contributed by atoms with Gasteiger partial charge in [0.2, 0.25) is 0 Å². The van der Waals surface area contributed by atoms with Crippen LogP contribution in [0.5, 0.6) is 5.75 Å². The van der Waals surface area contributed by atoms with Crippen LogP contribution in [0.15, 0.2) is 91.1 Å². The summed E-state index contributed by atoms with van der Waals surface area (Å²) >= 11 is 1.43. The van der Waals surface area contributed by atoms with E-state index in [1.165, 1.54) is 11.3 Å². The summed E-state index contributed by atoms with van der Waals surface area (Å²) < 4.78 is 45.7. The number of pyridine rings is 1. The van der Waals surface area contributed by atoms with Crippen LogP contribution in [0.2, 0.25) is 0 Å². The lowest BCUT2D eigenvalue weighted by Gasteiger charge is -2.69. The van der Waals surface area contributed by atoms with Gasteiger partial charge < -0.3 is 29.0 Å². The average Bonchev–Trinajstić information content (AvgIpc) is 3.88. The highest BCUT2D eigenvalue weighted by molar-refractivity contribution is 7.87. The number of ether oxygens (including phenoxy) is 2. The van der Waals surface area contributed by atoms with Crippen LogP contribution in [0.3, 0.4) is 0 Å². The van der Waals surface area contributed by atoms with Crippen LogP contribution in [-0.4, -0.2) is 96.0 Å². The van der Waals surface area contributed by atoms with E-state index in [9.17, 15) is 23.1 Å². The summed E-state index contributed by atoms with van der Waals surface area (Å²) in [5.74, 6) is -0.659. The number of amides is 1. The third kappa shape index (κ3) is 10.0. The SMILES string of the molecule is Cc1c(-c2ccc(N3CCc4cccc(C(=O)Nc5nc6ccccc6s5)c4C3)nc2C(=O)O)cnn1CC12CC3(C)CC(C)(C1)CC(OCCOCCNCCS(=O)(=O)Oc1ccccc1)(C3)C2. The maximum atomic E-state index is 13.7. The fraction of sp³-hybridized carbons (Fsp3) is 0.442. The van der Waals surface area contributed by atoms with E-state index in [0.29, 0.717) is 80.2 Å². The first-order valence-corrected chi connectivity index (χ1v) is 26.2. The molecule has 2 atom stereocenters. The molecule has 5 aliphatic rings. The molecule has 4 heterocycles. The number of rotatable bonds is 19. The third-order valence-electron chi connectivity index (χ3n) is 14.5. The van der Waals surface area contributed by atoms with Gasteiger partial charge in [0, 0.05) is 55.1 Å². The number of hydrogen-bond donors (Lipinski definition) is 3. The van der Waals surface area contributed by atoms with Gasteiger partial charge in [-0.25, -0.2) is 14.8 Å². The van der Waals surface area contributed by atoms with E-state index in [2.05, 4.69) is 34.1 Å². The van der Waals surface area contributed by atoms with Gasteiger partial charge in [-0.3, -0.25) is 14.8 Å². The summed E-state index contributed by atoms with van der Waals surface area (Å²) in [6.07, 6.45) is 8.69. The number of benzene rings is 3. The Kier molecular flexibility index (Phi) is 12.6. The monoisotopic (exact) mass is 973 g/mol. The van der Waals surface area contributed by atoms with Gasteiger partial charge in [-0.15, -0.1) is 0 Å². The summed E-state index contributed by atoms with van der Waals surface area (Å²) in [6, 6.07) is 25.8. The molecular weight excluding hydrogens is 915 g/mol. The highest BCUT2D eigenvalue weighted by Crippen LogP contribution is 2.72. The fourth-order valence-electron chi connectivity index (χ4n) is 13.0. The van der Waals surface area contributed by atoms with Gasteiger partial charge in [-0.2, -0.15) is 13.5 Å². The first kappa shape index (κ1) is 47.0. The number of nitrogens with zero attached hydrogens (tertiary/aromatic N) is 5. The van der Waals surface area contributed by atoms with Crippen molar-refractivity contribution in [2.75, 3.05) is 55.4 Å². The molecule has 4 fully saturated rings. The van der Waals surface area contributed by atoms with E-state index in [4.69, 9.17) is 23.7 Å². The summed E-state index contributed by atoms with van der Waals surface area (Å²) in [4.78, 5) is 38.1. The lowest BCUT2D eigenvalue weighted by atomic mass is 9.39. The molecule has 3 aromatic carbocycles. The molecule has 11 rings (SSSR count). The van der Waals surface area contributed by atoms with E-state index in [1.807, 2.05) is 66.4 Å². The molecule has 0 radical (unpaired) electrons. The van der Waals surface area contributed by atoms with Gasteiger partial charge in [0.25, 0.3) is 5.91 Å². The number of carbonyl (C=O) groups is 2. The van der Waals surface area contributed by atoms with Gasteiger partial charge >= 0.3 is 16.1 Å². The van der Waals surface area contributed by atoms with Gasteiger partial charge in [-0.1, -0.05) is 67.6 Å². The van der Waals surface area contributed by atoms with Gasteiger partial charge in [0.1, 0.15) is 11.6 Å². The van der Waals surface area contributed by atoms with Crippen LogP contribution in [-0.2, 0) is 39.1 Å². The molecule has 0 spiro atoms.